The largest absolute Gasteiger partial charge is 0.396 e. The molecule has 0 aromatic carbocycles. The van der Waals surface area contributed by atoms with Crippen molar-refractivity contribution in [1.82, 2.24) is 9.78 Å². The van der Waals surface area contributed by atoms with Crippen LogP contribution in [0.4, 0.5) is 0 Å². The van der Waals surface area contributed by atoms with Crippen LogP contribution >= 0.6 is 0 Å². The monoisotopic (exact) mass is 168 g/mol. The Balaban J connectivity index is 2.68. The molecule has 3 heteroatoms. The predicted molar refractivity (Wildman–Crippen MR) is 48.0 cm³/mol. The fourth-order valence-corrected chi connectivity index (χ4v) is 1.30. The van der Waals surface area contributed by atoms with Gasteiger partial charge in [-0.25, -0.2) is 0 Å². The van der Waals surface area contributed by atoms with Gasteiger partial charge in [-0.2, -0.15) is 5.10 Å². The van der Waals surface area contributed by atoms with Gasteiger partial charge >= 0.3 is 0 Å². The average Bonchev–Trinajstić information content (AvgIpc) is 2.42. The van der Waals surface area contributed by atoms with E-state index >= 15 is 0 Å². The third-order valence-corrected chi connectivity index (χ3v) is 1.88. The molecule has 1 heterocycles. The molecule has 0 spiro atoms. The molecular formula is C9H16N2O. The molecule has 1 aromatic rings. The van der Waals surface area contributed by atoms with Crippen LogP contribution in [0.3, 0.4) is 0 Å². The Morgan fingerprint density at radius 2 is 2.33 bits per heavy atom. The maximum Gasteiger partial charge on any atom is 0.0596 e. The zero-order chi connectivity index (χ0) is 8.97. The van der Waals surface area contributed by atoms with Crippen molar-refractivity contribution in [3.05, 3.63) is 17.5 Å². The molecule has 1 rings (SSSR count). The molecular weight excluding hydrogens is 152 g/mol. The van der Waals surface area contributed by atoms with Gasteiger partial charge < -0.3 is 5.11 Å². The second-order valence-corrected chi connectivity index (χ2v) is 2.93. The molecule has 0 fully saturated rings. The van der Waals surface area contributed by atoms with E-state index in [1.54, 1.807) is 0 Å². The molecule has 0 saturated carbocycles. The number of hydrogen-bond acceptors (Lipinski definition) is 2. The number of rotatable bonds is 4. The molecule has 0 unspecified atom stereocenters. The molecule has 0 aliphatic carbocycles. The van der Waals surface area contributed by atoms with Crippen LogP contribution in [0.1, 0.15) is 24.7 Å². The number of aliphatic hydroxyl groups excluding tert-OH is 1. The van der Waals surface area contributed by atoms with Crippen LogP contribution in [0.5, 0.6) is 0 Å². The first kappa shape index (κ1) is 9.26. The minimum Gasteiger partial charge on any atom is -0.396 e. The van der Waals surface area contributed by atoms with E-state index in [1.807, 2.05) is 11.6 Å². The normalized spacial score (nSPS) is 10.6. The zero-order valence-corrected chi connectivity index (χ0v) is 7.75. The van der Waals surface area contributed by atoms with Crippen molar-refractivity contribution < 1.29 is 5.11 Å². The lowest BCUT2D eigenvalue weighted by atomic mass is 10.3. The SMILES string of the molecule is CCc1cc(C)nn1CCCO. The minimum atomic E-state index is 0.238. The van der Waals surface area contributed by atoms with Crippen LogP contribution < -0.4 is 0 Å². The van der Waals surface area contributed by atoms with Gasteiger partial charge in [-0.05, 0) is 25.8 Å². The quantitative estimate of drug-likeness (QED) is 0.732. The van der Waals surface area contributed by atoms with Gasteiger partial charge in [-0.1, -0.05) is 6.92 Å². The van der Waals surface area contributed by atoms with E-state index in [1.165, 1.54) is 5.69 Å². The molecule has 0 aliphatic rings. The van der Waals surface area contributed by atoms with Crippen LogP contribution in [0.2, 0.25) is 0 Å². The molecule has 0 saturated heterocycles. The Labute approximate surface area is 73.0 Å². The Kier molecular flexibility index (Phi) is 3.29. The van der Waals surface area contributed by atoms with Crippen molar-refractivity contribution in [3.63, 3.8) is 0 Å². The van der Waals surface area contributed by atoms with E-state index in [0.717, 1.165) is 25.1 Å². The average molecular weight is 168 g/mol. The van der Waals surface area contributed by atoms with E-state index in [2.05, 4.69) is 18.1 Å². The fourth-order valence-electron chi connectivity index (χ4n) is 1.30. The summed E-state index contributed by atoms with van der Waals surface area (Å²) in [4.78, 5) is 0. The Morgan fingerprint density at radius 1 is 1.58 bits per heavy atom. The van der Waals surface area contributed by atoms with E-state index in [9.17, 15) is 0 Å². The van der Waals surface area contributed by atoms with Crippen molar-refractivity contribution in [2.45, 2.75) is 33.2 Å². The summed E-state index contributed by atoms with van der Waals surface area (Å²) in [5.74, 6) is 0. The van der Waals surface area contributed by atoms with Crippen LogP contribution in [0.15, 0.2) is 6.07 Å². The van der Waals surface area contributed by atoms with E-state index in [4.69, 9.17) is 5.11 Å². The molecule has 0 radical (unpaired) electrons. The highest BCUT2D eigenvalue weighted by atomic mass is 16.3. The summed E-state index contributed by atoms with van der Waals surface area (Å²) in [6.07, 6.45) is 1.79. The van der Waals surface area contributed by atoms with Gasteiger partial charge in [0.2, 0.25) is 0 Å². The summed E-state index contributed by atoms with van der Waals surface area (Å²) < 4.78 is 1.98. The van der Waals surface area contributed by atoms with Gasteiger partial charge in [-0.3, -0.25) is 4.68 Å². The molecule has 0 bridgehead atoms. The summed E-state index contributed by atoms with van der Waals surface area (Å²) in [5, 5.41) is 13.0. The lowest BCUT2D eigenvalue weighted by molar-refractivity contribution is 0.276. The molecule has 12 heavy (non-hydrogen) atoms. The topological polar surface area (TPSA) is 38.0 Å². The predicted octanol–water partition coefficient (Wildman–Crippen LogP) is 1.14. The first-order valence-electron chi connectivity index (χ1n) is 4.42. The molecule has 68 valence electrons. The highest BCUT2D eigenvalue weighted by Gasteiger charge is 2.01. The second-order valence-electron chi connectivity index (χ2n) is 2.93. The third-order valence-electron chi connectivity index (χ3n) is 1.88. The van der Waals surface area contributed by atoms with E-state index in [-0.39, 0.29) is 6.61 Å². The zero-order valence-electron chi connectivity index (χ0n) is 7.75. The molecule has 3 nitrogen and oxygen atoms in total. The highest BCUT2D eigenvalue weighted by molar-refractivity contribution is 5.08. The first-order valence-corrected chi connectivity index (χ1v) is 4.42. The lowest BCUT2D eigenvalue weighted by Crippen LogP contribution is -2.05. The van der Waals surface area contributed by atoms with Crippen molar-refractivity contribution in [1.29, 1.82) is 0 Å². The summed E-state index contributed by atoms with van der Waals surface area (Å²) >= 11 is 0. The second kappa shape index (κ2) is 4.26. The third kappa shape index (κ3) is 2.08. The molecule has 0 aliphatic heterocycles. The minimum absolute atomic E-state index is 0.238. The lowest BCUT2D eigenvalue weighted by Gasteiger charge is -2.03. The molecule has 0 atom stereocenters. The number of aromatic nitrogens is 2. The van der Waals surface area contributed by atoms with E-state index < -0.39 is 0 Å². The summed E-state index contributed by atoms with van der Waals surface area (Å²) in [6.45, 7) is 5.18. The van der Waals surface area contributed by atoms with Crippen molar-refractivity contribution in [2.24, 2.45) is 0 Å². The molecule has 1 N–H and O–H groups in total. The maximum atomic E-state index is 8.66. The Morgan fingerprint density at radius 3 is 2.92 bits per heavy atom. The molecule has 0 amide bonds. The standard InChI is InChI=1S/C9H16N2O/c1-3-9-7-8(2)10-11(9)5-4-6-12/h7,12H,3-6H2,1-2H3. The highest BCUT2D eigenvalue weighted by Crippen LogP contribution is 2.04. The van der Waals surface area contributed by atoms with Gasteiger partial charge in [0.1, 0.15) is 0 Å². The number of aryl methyl sites for hydroxylation is 3. The van der Waals surface area contributed by atoms with Crippen LogP contribution in [0.25, 0.3) is 0 Å². The van der Waals surface area contributed by atoms with Gasteiger partial charge in [0, 0.05) is 18.8 Å². The first-order chi connectivity index (χ1) is 5.77. The summed E-state index contributed by atoms with van der Waals surface area (Å²) in [5.41, 5.74) is 2.31. The van der Waals surface area contributed by atoms with Gasteiger partial charge in [0.15, 0.2) is 0 Å². The molecule has 1 aromatic heterocycles. The van der Waals surface area contributed by atoms with Gasteiger partial charge in [0.05, 0.1) is 5.69 Å². The Hall–Kier alpha value is -0.830. The van der Waals surface area contributed by atoms with Gasteiger partial charge in [-0.15, -0.1) is 0 Å². The number of aliphatic hydroxyl groups is 1. The number of nitrogens with zero attached hydrogens (tertiary/aromatic N) is 2. The van der Waals surface area contributed by atoms with Crippen LogP contribution in [-0.4, -0.2) is 21.5 Å². The number of hydrogen-bond donors (Lipinski definition) is 1. The summed E-state index contributed by atoms with van der Waals surface area (Å²) in [6, 6.07) is 2.09. The van der Waals surface area contributed by atoms with Crippen LogP contribution in [-0.2, 0) is 13.0 Å². The van der Waals surface area contributed by atoms with Crippen molar-refractivity contribution >= 4 is 0 Å². The van der Waals surface area contributed by atoms with Crippen molar-refractivity contribution in [2.75, 3.05) is 6.61 Å². The maximum absolute atomic E-state index is 8.66. The van der Waals surface area contributed by atoms with Crippen molar-refractivity contribution in [3.8, 4) is 0 Å². The van der Waals surface area contributed by atoms with Gasteiger partial charge in [0.25, 0.3) is 0 Å². The van der Waals surface area contributed by atoms with E-state index in [0.29, 0.717) is 0 Å². The summed E-state index contributed by atoms with van der Waals surface area (Å²) in [7, 11) is 0. The Bertz CT molecular complexity index is 243. The van der Waals surface area contributed by atoms with Crippen LogP contribution in [0, 0.1) is 6.92 Å². The fraction of sp³-hybridized carbons (Fsp3) is 0.667. The smallest absolute Gasteiger partial charge is 0.0596 e.